The van der Waals surface area contributed by atoms with Crippen LogP contribution < -0.4 is 0 Å². The smallest absolute Gasteiger partial charge is 0.333 e. The largest absolute Gasteiger partial charge is 0.462 e. The summed E-state index contributed by atoms with van der Waals surface area (Å²) in [5.74, 6) is 1.04. The van der Waals surface area contributed by atoms with Crippen molar-refractivity contribution in [3.05, 3.63) is 12.2 Å². The van der Waals surface area contributed by atoms with E-state index in [1.165, 1.54) is 128 Å². The molecule has 0 aromatic heterocycles. The second-order valence-corrected chi connectivity index (χ2v) is 11.6. The van der Waals surface area contributed by atoms with Crippen LogP contribution in [0.25, 0.3) is 0 Å². The van der Waals surface area contributed by atoms with Crippen molar-refractivity contribution in [2.24, 2.45) is 17.3 Å². The van der Waals surface area contributed by atoms with Crippen LogP contribution in [0.3, 0.4) is 0 Å². The van der Waals surface area contributed by atoms with Crippen molar-refractivity contribution < 1.29 is 14.3 Å². The lowest BCUT2D eigenvalue weighted by Gasteiger charge is -2.34. The fraction of sp³-hybridized carbons (Fsp3) is 0.903. The molecule has 0 radical (unpaired) electrons. The first kappa shape index (κ1) is 29.4. The number of hydrogen-bond donors (Lipinski definition) is 0. The quantitative estimate of drug-likeness (QED) is 0.0887. The zero-order valence-electron chi connectivity index (χ0n) is 22.9. The van der Waals surface area contributed by atoms with E-state index in [1.54, 1.807) is 6.92 Å². The molecule has 0 saturated heterocycles. The molecular weight excluding hydrogens is 420 g/mol. The highest BCUT2D eigenvalue weighted by Gasteiger charge is 2.52. The van der Waals surface area contributed by atoms with Crippen molar-refractivity contribution in [1.29, 1.82) is 0 Å². The average molecular weight is 477 g/mol. The number of esters is 1. The number of carbonyl (C=O) groups is 1. The molecule has 2 fully saturated rings. The summed E-state index contributed by atoms with van der Waals surface area (Å²) in [6, 6.07) is 0. The Morgan fingerprint density at radius 3 is 1.88 bits per heavy atom. The van der Waals surface area contributed by atoms with Gasteiger partial charge < -0.3 is 9.47 Å². The van der Waals surface area contributed by atoms with E-state index in [1.807, 2.05) is 0 Å². The molecule has 34 heavy (non-hydrogen) atoms. The van der Waals surface area contributed by atoms with Crippen LogP contribution in [0.15, 0.2) is 12.2 Å². The third-order valence-corrected chi connectivity index (χ3v) is 8.53. The van der Waals surface area contributed by atoms with E-state index in [4.69, 9.17) is 9.47 Å². The summed E-state index contributed by atoms with van der Waals surface area (Å²) in [6.45, 7) is 10.0. The van der Waals surface area contributed by atoms with Crippen LogP contribution in [0.4, 0.5) is 0 Å². The van der Waals surface area contributed by atoms with Crippen LogP contribution in [-0.4, -0.2) is 25.8 Å². The maximum absolute atomic E-state index is 11.8. The van der Waals surface area contributed by atoms with Crippen LogP contribution in [0.5, 0.6) is 0 Å². The van der Waals surface area contributed by atoms with Gasteiger partial charge in [0.15, 0.2) is 0 Å². The fourth-order valence-electron chi connectivity index (χ4n) is 6.32. The first-order chi connectivity index (χ1) is 16.6. The first-order valence-corrected chi connectivity index (χ1v) is 15.0. The van der Waals surface area contributed by atoms with Crippen molar-refractivity contribution in [3.63, 3.8) is 0 Å². The van der Waals surface area contributed by atoms with Crippen molar-refractivity contribution in [2.75, 3.05) is 19.8 Å². The summed E-state index contributed by atoms with van der Waals surface area (Å²) in [4.78, 5) is 11.8. The van der Waals surface area contributed by atoms with Crippen LogP contribution in [-0.2, 0) is 14.3 Å². The Hall–Kier alpha value is -0.830. The van der Waals surface area contributed by atoms with Crippen molar-refractivity contribution in [2.45, 2.75) is 142 Å². The Morgan fingerprint density at radius 2 is 1.38 bits per heavy atom. The molecule has 2 bridgehead atoms. The normalized spacial score (nSPS) is 23.5. The molecule has 0 spiro atoms. The van der Waals surface area contributed by atoms with Crippen molar-refractivity contribution in [1.82, 2.24) is 0 Å². The monoisotopic (exact) mass is 476 g/mol. The van der Waals surface area contributed by atoms with Crippen molar-refractivity contribution in [3.8, 4) is 0 Å². The van der Waals surface area contributed by atoms with Gasteiger partial charge in [0.1, 0.15) is 0 Å². The molecule has 0 aromatic carbocycles. The van der Waals surface area contributed by atoms with Crippen LogP contribution in [0.2, 0.25) is 0 Å². The van der Waals surface area contributed by atoms with Crippen LogP contribution >= 0.6 is 0 Å². The fourth-order valence-corrected chi connectivity index (χ4v) is 6.32. The molecule has 3 heteroatoms. The van der Waals surface area contributed by atoms with E-state index < -0.39 is 0 Å². The molecule has 3 nitrogen and oxygen atoms in total. The summed E-state index contributed by atoms with van der Waals surface area (Å²) < 4.78 is 11.7. The molecule has 198 valence electrons. The lowest BCUT2D eigenvalue weighted by Crippen LogP contribution is -2.34. The second kappa shape index (κ2) is 17.6. The first-order valence-electron chi connectivity index (χ1n) is 15.0. The zero-order valence-corrected chi connectivity index (χ0v) is 22.9. The van der Waals surface area contributed by atoms with Gasteiger partial charge in [-0.25, -0.2) is 4.79 Å². The van der Waals surface area contributed by atoms with Gasteiger partial charge in [-0.15, -0.1) is 0 Å². The summed E-state index contributed by atoms with van der Waals surface area (Å²) >= 11 is 0. The predicted molar refractivity (Wildman–Crippen MR) is 144 cm³/mol. The van der Waals surface area contributed by atoms with E-state index in [0.717, 1.165) is 19.1 Å². The molecular formula is C31H56O3. The molecule has 3 unspecified atom stereocenters. The lowest BCUT2D eigenvalue weighted by molar-refractivity contribution is -0.142. The van der Waals surface area contributed by atoms with Gasteiger partial charge in [0, 0.05) is 23.5 Å². The van der Waals surface area contributed by atoms with Gasteiger partial charge in [-0.3, -0.25) is 0 Å². The number of rotatable bonds is 22. The second-order valence-electron chi connectivity index (χ2n) is 11.6. The molecule has 0 aliphatic heterocycles. The topological polar surface area (TPSA) is 35.5 Å². The molecule has 0 amide bonds. The Bertz CT molecular complexity index is 557. The summed E-state index contributed by atoms with van der Waals surface area (Å²) in [5.41, 5.74) is 0.756. The van der Waals surface area contributed by atoms with Gasteiger partial charge in [0.05, 0.1) is 13.2 Å². The van der Waals surface area contributed by atoms with Gasteiger partial charge in [0.2, 0.25) is 0 Å². The minimum atomic E-state index is -0.244. The number of fused-ring (bicyclic) bond motifs is 2. The maximum atomic E-state index is 11.8. The number of carbonyl (C=O) groups excluding carboxylic acids is 1. The highest BCUT2D eigenvalue weighted by molar-refractivity contribution is 5.86. The highest BCUT2D eigenvalue weighted by atomic mass is 16.5. The molecule has 2 aliphatic rings. The standard InChI is InChI=1S/C31H56O3/c1-4-5-6-7-8-9-10-11-12-13-14-15-16-17-18-19-22-33-26-31-21-20-28(24-31)23-29(31)25-34-30(32)27(2)3/h28-29H,2,4-26H2,1,3H3. The SMILES string of the molecule is C=C(C)C(=O)OCC1CC2CCC1(COCCCCCCCCCCCCCCCCCC)C2. The maximum Gasteiger partial charge on any atom is 0.333 e. The summed E-state index contributed by atoms with van der Waals surface area (Å²) in [5, 5.41) is 0. The minimum Gasteiger partial charge on any atom is -0.462 e. The average Bonchev–Trinajstić information content (AvgIpc) is 3.40. The van der Waals surface area contributed by atoms with Crippen LogP contribution in [0.1, 0.15) is 142 Å². The van der Waals surface area contributed by atoms with Gasteiger partial charge in [-0.1, -0.05) is 110 Å². The van der Waals surface area contributed by atoms with E-state index in [0.29, 0.717) is 18.1 Å². The third-order valence-electron chi connectivity index (χ3n) is 8.53. The van der Waals surface area contributed by atoms with Gasteiger partial charge in [-0.2, -0.15) is 0 Å². The van der Waals surface area contributed by atoms with Crippen molar-refractivity contribution >= 4 is 5.97 Å². The van der Waals surface area contributed by atoms with E-state index in [2.05, 4.69) is 13.5 Å². The van der Waals surface area contributed by atoms with Crippen LogP contribution in [0, 0.1) is 17.3 Å². The predicted octanol–water partition coefficient (Wildman–Crippen LogP) is 9.19. The third kappa shape index (κ3) is 11.3. The van der Waals surface area contributed by atoms with Gasteiger partial charge >= 0.3 is 5.97 Å². The molecule has 0 heterocycles. The Morgan fingerprint density at radius 1 is 0.853 bits per heavy atom. The number of hydrogen-bond acceptors (Lipinski definition) is 3. The summed E-state index contributed by atoms with van der Waals surface area (Å²) in [6.07, 6.45) is 27.5. The van der Waals surface area contributed by atoms with E-state index in [-0.39, 0.29) is 11.4 Å². The number of unbranched alkanes of at least 4 members (excludes halogenated alkanes) is 15. The minimum absolute atomic E-state index is 0.244. The Kier molecular flexibility index (Phi) is 15.2. The molecule has 2 rings (SSSR count). The highest BCUT2D eigenvalue weighted by Crippen LogP contribution is 2.57. The lowest BCUT2D eigenvalue weighted by atomic mass is 9.76. The Labute approximate surface area is 211 Å². The molecule has 3 atom stereocenters. The molecule has 0 N–H and O–H groups in total. The molecule has 2 saturated carbocycles. The van der Waals surface area contributed by atoms with E-state index in [9.17, 15) is 4.79 Å². The summed E-state index contributed by atoms with van der Waals surface area (Å²) in [7, 11) is 0. The van der Waals surface area contributed by atoms with Gasteiger partial charge in [0.25, 0.3) is 0 Å². The zero-order chi connectivity index (χ0) is 24.5. The molecule has 2 aliphatic carbocycles. The van der Waals surface area contributed by atoms with E-state index >= 15 is 0 Å². The Balaban J connectivity index is 1.38. The molecule has 0 aromatic rings. The number of ether oxygens (including phenoxy) is 2. The van der Waals surface area contributed by atoms with Gasteiger partial charge in [-0.05, 0) is 44.9 Å².